The second-order valence-corrected chi connectivity index (χ2v) is 13.3. The molecule has 0 saturated carbocycles. The van der Waals surface area contributed by atoms with Gasteiger partial charge in [-0.1, -0.05) is 36.8 Å². The van der Waals surface area contributed by atoms with Gasteiger partial charge in [0.15, 0.2) is 5.78 Å². The third-order valence-corrected chi connectivity index (χ3v) is 8.98. The molecule has 1 aliphatic rings. The third kappa shape index (κ3) is 9.56. The number of ether oxygens (including phenoxy) is 1. The number of aromatic hydroxyl groups is 2. The fourth-order valence-electron chi connectivity index (χ4n) is 5.57. The minimum absolute atomic E-state index is 0. The minimum Gasteiger partial charge on any atom is -0.508 e. The summed E-state index contributed by atoms with van der Waals surface area (Å²) >= 11 is 1.46. The highest BCUT2D eigenvalue weighted by Gasteiger charge is 2.22. The molecule has 4 aromatic carbocycles. The summed E-state index contributed by atoms with van der Waals surface area (Å²) in [6.07, 6.45) is 4.79. The molecule has 5 aromatic rings. The predicted molar refractivity (Wildman–Crippen MR) is 192 cm³/mol. The van der Waals surface area contributed by atoms with Crippen molar-refractivity contribution in [1.29, 1.82) is 0 Å². The van der Waals surface area contributed by atoms with Crippen LogP contribution in [0.15, 0.2) is 97.1 Å². The third-order valence-electron chi connectivity index (χ3n) is 7.77. The van der Waals surface area contributed by atoms with Gasteiger partial charge >= 0.3 is 0 Å². The monoisotopic (exact) mass is 658 g/mol. The lowest BCUT2D eigenvalue weighted by Crippen LogP contribution is -2.34. The molecule has 6 nitrogen and oxygen atoms in total. The van der Waals surface area contributed by atoms with Crippen LogP contribution in [0.4, 0.5) is 0 Å². The summed E-state index contributed by atoms with van der Waals surface area (Å²) in [5.41, 5.74) is 9.11. The Bertz CT molecular complexity index is 1690. The second kappa shape index (κ2) is 16.1. The van der Waals surface area contributed by atoms with Crippen molar-refractivity contribution in [3.63, 3.8) is 0 Å². The van der Waals surface area contributed by atoms with E-state index >= 15 is 0 Å². The fourth-order valence-corrected chi connectivity index (χ4v) is 6.81. The van der Waals surface area contributed by atoms with Crippen LogP contribution >= 0.6 is 23.7 Å². The van der Waals surface area contributed by atoms with Gasteiger partial charge in [-0.25, -0.2) is 0 Å². The summed E-state index contributed by atoms with van der Waals surface area (Å²) in [4.78, 5) is 16.9. The summed E-state index contributed by atoms with van der Waals surface area (Å²) in [6, 6.07) is 29.5. The standard InChI is InChI=1S/C28H27NO4S.C10H15N.ClH/c30-21-8-4-20(5-9-21)28-26(24-13-10-22(31)18-25(24)34-28)27(32)19-6-11-23(12-7-19)33-17-16-29-14-2-1-3-15-29;1-10(2,11)8-9-6-4-3-5-7-9;/h4-13,18,30-31H,1-3,14-17H2;3-7H,8,11H2,1-2H3;1H. The van der Waals surface area contributed by atoms with Crippen molar-refractivity contribution in [3.05, 3.63) is 114 Å². The number of nitrogens with zero attached hydrogens (tertiary/aromatic N) is 1. The number of benzene rings is 4. The summed E-state index contributed by atoms with van der Waals surface area (Å²) in [5, 5.41) is 20.4. The first kappa shape index (κ1) is 35.0. The number of carbonyl (C=O) groups is 1. The molecule has 0 amide bonds. The van der Waals surface area contributed by atoms with Crippen LogP contribution in [-0.4, -0.2) is 52.7 Å². The number of carbonyl (C=O) groups excluding carboxylic acids is 1. The number of nitrogens with two attached hydrogens (primary N) is 1. The lowest BCUT2D eigenvalue weighted by molar-refractivity contribution is 0.104. The molecular formula is C38H43ClN2O4S. The Morgan fingerprint density at radius 1 is 0.870 bits per heavy atom. The Morgan fingerprint density at radius 2 is 1.52 bits per heavy atom. The molecule has 4 N–H and O–H groups in total. The van der Waals surface area contributed by atoms with Crippen molar-refractivity contribution >= 4 is 39.6 Å². The van der Waals surface area contributed by atoms with E-state index in [1.165, 1.54) is 36.2 Å². The van der Waals surface area contributed by atoms with Crippen molar-refractivity contribution in [2.45, 2.75) is 45.1 Å². The maximum atomic E-state index is 13.6. The molecule has 0 spiro atoms. The molecule has 2 heterocycles. The Hall–Kier alpha value is -3.88. The summed E-state index contributed by atoms with van der Waals surface area (Å²) in [5.74, 6) is 1.01. The van der Waals surface area contributed by atoms with Gasteiger partial charge in [0.05, 0.1) is 0 Å². The first-order valence-electron chi connectivity index (χ1n) is 15.5. The zero-order chi connectivity index (χ0) is 31.8. The van der Waals surface area contributed by atoms with E-state index in [9.17, 15) is 15.0 Å². The number of piperidine rings is 1. The number of likely N-dealkylation sites (tertiary alicyclic amines) is 1. The highest BCUT2D eigenvalue weighted by Crippen LogP contribution is 2.41. The van der Waals surface area contributed by atoms with Crippen LogP contribution in [0.5, 0.6) is 17.2 Å². The molecule has 0 unspecified atom stereocenters. The van der Waals surface area contributed by atoms with E-state index in [2.05, 4.69) is 17.0 Å². The molecule has 0 atom stereocenters. The predicted octanol–water partition coefficient (Wildman–Crippen LogP) is 8.46. The van der Waals surface area contributed by atoms with Crippen LogP contribution in [0.25, 0.3) is 20.5 Å². The number of fused-ring (bicyclic) bond motifs is 1. The van der Waals surface area contributed by atoms with E-state index in [1.54, 1.807) is 42.5 Å². The molecule has 8 heteroatoms. The number of phenols is 2. The van der Waals surface area contributed by atoms with Gasteiger partial charge in [-0.15, -0.1) is 23.7 Å². The van der Waals surface area contributed by atoms with Gasteiger partial charge in [0, 0.05) is 38.2 Å². The summed E-state index contributed by atoms with van der Waals surface area (Å²) in [6.45, 7) is 7.93. The highest BCUT2D eigenvalue weighted by atomic mass is 35.5. The normalized spacial score (nSPS) is 13.4. The molecule has 0 aliphatic carbocycles. The van der Waals surface area contributed by atoms with Gasteiger partial charge in [0.2, 0.25) is 0 Å². The summed E-state index contributed by atoms with van der Waals surface area (Å²) < 4.78 is 6.76. The van der Waals surface area contributed by atoms with E-state index < -0.39 is 0 Å². The Morgan fingerprint density at radius 3 is 2.17 bits per heavy atom. The topological polar surface area (TPSA) is 96.0 Å². The molecule has 1 aromatic heterocycles. The van der Waals surface area contributed by atoms with E-state index in [1.807, 2.05) is 56.3 Å². The first-order chi connectivity index (χ1) is 21.7. The van der Waals surface area contributed by atoms with Crippen molar-refractivity contribution in [2.24, 2.45) is 5.73 Å². The van der Waals surface area contributed by atoms with Gasteiger partial charge < -0.3 is 20.7 Å². The maximum Gasteiger partial charge on any atom is 0.195 e. The quantitative estimate of drug-likeness (QED) is 0.138. The SMILES string of the molecule is CC(C)(N)Cc1ccccc1.Cl.O=C(c1ccc(OCCN2CCCCC2)cc1)c1c(-c2ccc(O)cc2)sc2cc(O)ccc12. The number of phenolic OH excluding ortho intramolecular Hbond substituents is 2. The number of ketones is 1. The molecule has 1 fully saturated rings. The van der Waals surface area contributed by atoms with E-state index in [0.29, 0.717) is 17.7 Å². The zero-order valence-corrected chi connectivity index (χ0v) is 28.1. The van der Waals surface area contributed by atoms with Crippen LogP contribution in [0.2, 0.25) is 0 Å². The molecule has 6 rings (SSSR count). The largest absolute Gasteiger partial charge is 0.508 e. The molecule has 1 aliphatic heterocycles. The lowest BCUT2D eigenvalue weighted by atomic mass is 9.96. The van der Waals surface area contributed by atoms with Crippen molar-refractivity contribution < 1.29 is 19.7 Å². The second-order valence-electron chi connectivity index (χ2n) is 12.3. The molecule has 0 radical (unpaired) electrons. The number of halogens is 1. The molecule has 46 heavy (non-hydrogen) atoms. The zero-order valence-electron chi connectivity index (χ0n) is 26.4. The minimum atomic E-state index is -0.0959. The fraction of sp³-hybridized carbons (Fsp3) is 0.289. The number of hydrogen-bond acceptors (Lipinski definition) is 7. The Balaban J connectivity index is 0.000000341. The van der Waals surface area contributed by atoms with Gasteiger partial charge in [-0.05, 0) is 124 Å². The lowest BCUT2D eigenvalue weighted by Gasteiger charge is -2.26. The number of thiophene rings is 1. The van der Waals surface area contributed by atoms with Crippen molar-refractivity contribution in [3.8, 4) is 27.7 Å². The van der Waals surface area contributed by atoms with Crippen LogP contribution < -0.4 is 10.5 Å². The average Bonchev–Trinajstić information content (AvgIpc) is 3.40. The number of rotatable bonds is 9. The molecular weight excluding hydrogens is 616 g/mol. The maximum absolute atomic E-state index is 13.6. The average molecular weight is 659 g/mol. The van der Waals surface area contributed by atoms with Crippen LogP contribution in [0.1, 0.15) is 54.6 Å². The molecule has 1 saturated heterocycles. The summed E-state index contributed by atoms with van der Waals surface area (Å²) in [7, 11) is 0. The van der Waals surface area contributed by atoms with E-state index in [4.69, 9.17) is 10.5 Å². The van der Waals surface area contributed by atoms with Gasteiger partial charge in [-0.2, -0.15) is 0 Å². The Labute approximate surface area is 281 Å². The molecule has 242 valence electrons. The Kier molecular flexibility index (Phi) is 12.2. The highest BCUT2D eigenvalue weighted by molar-refractivity contribution is 7.22. The first-order valence-corrected chi connectivity index (χ1v) is 16.4. The van der Waals surface area contributed by atoms with Gasteiger partial charge in [0.25, 0.3) is 0 Å². The van der Waals surface area contributed by atoms with Crippen molar-refractivity contribution in [1.82, 2.24) is 4.90 Å². The smallest absolute Gasteiger partial charge is 0.195 e. The van der Waals surface area contributed by atoms with Crippen LogP contribution in [0.3, 0.4) is 0 Å². The van der Waals surface area contributed by atoms with E-state index in [0.717, 1.165) is 52.3 Å². The van der Waals surface area contributed by atoms with Crippen molar-refractivity contribution in [2.75, 3.05) is 26.2 Å². The number of hydrogen-bond donors (Lipinski definition) is 3. The van der Waals surface area contributed by atoms with Gasteiger partial charge in [0.1, 0.15) is 23.9 Å². The van der Waals surface area contributed by atoms with Gasteiger partial charge in [-0.3, -0.25) is 9.69 Å². The van der Waals surface area contributed by atoms with E-state index in [-0.39, 0.29) is 35.2 Å². The van der Waals surface area contributed by atoms with Crippen LogP contribution in [-0.2, 0) is 6.42 Å². The molecule has 0 bridgehead atoms. The van der Waals surface area contributed by atoms with Crippen LogP contribution in [0, 0.1) is 0 Å².